The van der Waals surface area contributed by atoms with E-state index in [2.05, 4.69) is 32.4 Å². The second-order valence-electron chi connectivity index (χ2n) is 7.35. The summed E-state index contributed by atoms with van der Waals surface area (Å²) in [7, 11) is 1.65. The van der Waals surface area contributed by atoms with Gasteiger partial charge in [0.15, 0.2) is 0 Å². The Labute approximate surface area is 172 Å². The zero-order valence-corrected chi connectivity index (χ0v) is 17.4. The van der Waals surface area contributed by atoms with Crippen molar-refractivity contribution in [3.8, 4) is 5.75 Å². The highest BCUT2D eigenvalue weighted by Crippen LogP contribution is 2.27. The number of carbonyl (C=O) groups is 1. The predicted molar refractivity (Wildman–Crippen MR) is 116 cm³/mol. The number of hydrogen-bond acceptors (Lipinski definition) is 6. The normalized spacial score (nSPS) is 16.3. The van der Waals surface area contributed by atoms with Crippen LogP contribution < -0.4 is 20.3 Å². The van der Waals surface area contributed by atoms with E-state index < -0.39 is 0 Å². The first-order chi connectivity index (χ1) is 14.2. The molecule has 1 aliphatic rings. The highest BCUT2D eigenvalue weighted by molar-refractivity contribution is 5.79. The molecule has 2 N–H and O–H groups in total. The maximum absolute atomic E-state index is 12.5. The number of piperidine rings is 1. The van der Waals surface area contributed by atoms with Gasteiger partial charge in [0, 0.05) is 25.8 Å². The first-order valence-corrected chi connectivity index (χ1v) is 10.5. The molecule has 0 aliphatic carbocycles. The number of unbranched alkanes of at least 4 members (excludes halogenated alkanes) is 2. The number of anilines is 3. The number of rotatable bonds is 9. The molecule has 3 rings (SSSR count). The summed E-state index contributed by atoms with van der Waals surface area (Å²) in [6, 6.07) is 9.55. The van der Waals surface area contributed by atoms with Crippen LogP contribution >= 0.6 is 0 Å². The van der Waals surface area contributed by atoms with E-state index in [1.54, 1.807) is 13.3 Å². The van der Waals surface area contributed by atoms with E-state index in [4.69, 9.17) is 4.74 Å². The summed E-state index contributed by atoms with van der Waals surface area (Å²) >= 11 is 0. The number of amides is 1. The van der Waals surface area contributed by atoms with Crippen molar-refractivity contribution in [2.45, 2.75) is 39.0 Å². The van der Waals surface area contributed by atoms with Crippen molar-refractivity contribution in [3.63, 3.8) is 0 Å². The minimum absolute atomic E-state index is 0.0141. The molecule has 0 spiro atoms. The Balaban J connectivity index is 1.63. The molecule has 7 nitrogen and oxygen atoms in total. The summed E-state index contributed by atoms with van der Waals surface area (Å²) < 4.78 is 5.39. The largest absolute Gasteiger partial charge is 0.495 e. The van der Waals surface area contributed by atoms with Gasteiger partial charge in [0.25, 0.3) is 0 Å². The van der Waals surface area contributed by atoms with E-state index in [1.807, 2.05) is 30.3 Å². The molecule has 0 saturated carbocycles. The Morgan fingerprint density at radius 3 is 2.97 bits per heavy atom. The van der Waals surface area contributed by atoms with Gasteiger partial charge in [-0.3, -0.25) is 4.79 Å². The Morgan fingerprint density at radius 2 is 2.14 bits per heavy atom. The fraction of sp³-hybridized carbons (Fsp3) is 0.500. The summed E-state index contributed by atoms with van der Waals surface area (Å²) in [6.07, 6.45) is 6.96. The number of aromatic nitrogens is 2. The maximum atomic E-state index is 12.5. The highest BCUT2D eigenvalue weighted by Gasteiger charge is 2.27. The Bertz CT molecular complexity index is 798. The molecule has 2 aromatic rings. The van der Waals surface area contributed by atoms with Crippen molar-refractivity contribution < 1.29 is 9.53 Å². The molecular formula is C22H31N5O2. The van der Waals surface area contributed by atoms with Gasteiger partial charge in [-0.05, 0) is 37.5 Å². The SMILES string of the molecule is CCCCCNC(=O)C1CCCN(c2nccc(Nc3ccccc3OC)n2)C1. The number of hydrogen-bond donors (Lipinski definition) is 2. The molecule has 2 heterocycles. The average Bonchev–Trinajstić information content (AvgIpc) is 2.77. The van der Waals surface area contributed by atoms with Crippen molar-refractivity contribution in [2.75, 3.05) is 37.0 Å². The lowest BCUT2D eigenvalue weighted by molar-refractivity contribution is -0.125. The van der Waals surface area contributed by atoms with Crippen LogP contribution in [0.25, 0.3) is 0 Å². The molecule has 29 heavy (non-hydrogen) atoms. The van der Waals surface area contributed by atoms with Crippen LogP contribution in [0.4, 0.5) is 17.5 Å². The third-order valence-electron chi connectivity index (χ3n) is 5.17. The van der Waals surface area contributed by atoms with Gasteiger partial charge in [0.2, 0.25) is 11.9 Å². The van der Waals surface area contributed by atoms with Crippen molar-refractivity contribution >= 4 is 23.4 Å². The smallest absolute Gasteiger partial charge is 0.227 e. The first-order valence-electron chi connectivity index (χ1n) is 10.5. The minimum atomic E-state index is -0.0141. The van der Waals surface area contributed by atoms with Crippen LogP contribution in [0.15, 0.2) is 36.5 Å². The predicted octanol–water partition coefficient (Wildman–Crippen LogP) is 3.75. The van der Waals surface area contributed by atoms with E-state index in [0.717, 1.165) is 56.6 Å². The Kier molecular flexibility index (Phi) is 7.67. The second-order valence-corrected chi connectivity index (χ2v) is 7.35. The van der Waals surface area contributed by atoms with Crippen molar-refractivity contribution in [1.82, 2.24) is 15.3 Å². The number of nitrogens with one attached hydrogen (secondary N) is 2. The van der Waals surface area contributed by atoms with Gasteiger partial charge < -0.3 is 20.3 Å². The second kappa shape index (κ2) is 10.6. The summed E-state index contributed by atoms with van der Waals surface area (Å²) in [5, 5.41) is 6.38. The molecule has 1 atom stereocenters. The molecule has 1 aromatic heterocycles. The van der Waals surface area contributed by atoms with Gasteiger partial charge in [0.05, 0.1) is 18.7 Å². The Morgan fingerprint density at radius 1 is 1.28 bits per heavy atom. The minimum Gasteiger partial charge on any atom is -0.495 e. The lowest BCUT2D eigenvalue weighted by atomic mass is 9.97. The lowest BCUT2D eigenvalue weighted by Gasteiger charge is -2.32. The van der Waals surface area contributed by atoms with Gasteiger partial charge in [-0.15, -0.1) is 0 Å². The third kappa shape index (κ3) is 5.82. The van der Waals surface area contributed by atoms with Crippen LogP contribution in [-0.2, 0) is 4.79 Å². The number of para-hydroxylation sites is 2. The molecule has 0 radical (unpaired) electrons. The molecular weight excluding hydrogens is 366 g/mol. The highest BCUT2D eigenvalue weighted by atomic mass is 16.5. The van der Waals surface area contributed by atoms with E-state index in [-0.39, 0.29) is 11.8 Å². The number of benzene rings is 1. The van der Waals surface area contributed by atoms with Gasteiger partial charge in [-0.1, -0.05) is 31.9 Å². The summed E-state index contributed by atoms with van der Waals surface area (Å²) in [5.41, 5.74) is 0.850. The summed E-state index contributed by atoms with van der Waals surface area (Å²) in [4.78, 5) is 23.7. The van der Waals surface area contributed by atoms with Crippen LogP contribution in [-0.4, -0.2) is 42.6 Å². The van der Waals surface area contributed by atoms with E-state index >= 15 is 0 Å². The quantitative estimate of drug-likeness (QED) is 0.628. The Hall–Kier alpha value is -2.83. The standard InChI is InChI=1S/C22H31N5O2/c1-3-4-7-13-23-21(28)17-9-8-15-27(16-17)22-24-14-12-20(26-22)25-18-10-5-6-11-19(18)29-2/h5-6,10-12,14,17H,3-4,7-9,13,15-16H2,1-2H3,(H,23,28)(H,24,25,26). The van der Waals surface area contributed by atoms with Crippen LogP contribution in [0.2, 0.25) is 0 Å². The number of ether oxygens (including phenoxy) is 1. The third-order valence-corrected chi connectivity index (χ3v) is 5.17. The lowest BCUT2D eigenvalue weighted by Crippen LogP contribution is -2.43. The van der Waals surface area contributed by atoms with E-state index in [0.29, 0.717) is 18.3 Å². The van der Waals surface area contributed by atoms with Gasteiger partial charge in [-0.25, -0.2) is 4.98 Å². The molecule has 1 aromatic carbocycles. The molecule has 1 unspecified atom stereocenters. The van der Waals surface area contributed by atoms with E-state index in [1.165, 1.54) is 0 Å². The monoisotopic (exact) mass is 397 g/mol. The number of nitrogens with zero attached hydrogens (tertiary/aromatic N) is 3. The molecule has 1 saturated heterocycles. The molecule has 156 valence electrons. The summed E-state index contributed by atoms with van der Waals surface area (Å²) in [5.74, 6) is 2.23. The van der Waals surface area contributed by atoms with Crippen LogP contribution in [0, 0.1) is 5.92 Å². The molecule has 1 aliphatic heterocycles. The van der Waals surface area contributed by atoms with Crippen molar-refractivity contribution in [3.05, 3.63) is 36.5 Å². The van der Waals surface area contributed by atoms with Crippen LogP contribution in [0.1, 0.15) is 39.0 Å². The zero-order chi connectivity index (χ0) is 20.5. The van der Waals surface area contributed by atoms with Crippen molar-refractivity contribution in [2.24, 2.45) is 5.92 Å². The first kappa shape index (κ1) is 20.9. The maximum Gasteiger partial charge on any atom is 0.227 e. The molecule has 0 bridgehead atoms. The van der Waals surface area contributed by atoms with Crippen LogP contribution in [0.3, 0.4) is 0 Å². The van der Waals surface area contributed by atoms with E-state index in [9.17, 15) is 4.79 Å². The summed E-state index contributed by atoms with van der Waals surface area (Å²) in [6.45, 7) is 4.44. The molecule has 1 amide bonds. The topological polar surface area (TPSA) is 79.4 Å². The number of carbonyl (C=O) groups excluding carboxylic acids is 1. The van der Waals surface area contributed by atoms with Crippen LogP contribution in [0.5, 0.6) is 5.75 Å². The molecule has 1 fully saturated rings. The zero-order valence-electron chi connectivity index (χ0n) is 17.4. The fourth-order valence-electron chi connectivity index (χ4n) is 3.56. The van der Waals surface area contributed by atoms with Gasteiger partial charge >= 0.3 is 0 Å². The molecule has 7 heteroatoms. The van der Waals surface area contributed by atoms with Gasteiger partial charge in [0.1, 0.15) is 11.6 Å². The fourth-order valence-corrected chi connectivity index (χ4v) is 3.56. The van der Waals surface area contributed by atoms with Gasteiger partial charge in [-0.2, -0.15) is 4.98 Å². The average molecular weight is 398 g/mol. The van der Waals surface area contributed by atoms with Crippen molar-refractivity contribution in [1.29, 1.82) is 0 Å². The number of methoxy groups -OCH3 is 1.